The first kappa shape index (κ1) is 14.1. The molecule has 0 spiro atoms. The van der Waals surface area contributed by atoms with E-state index in [1.54, 1.807) is 0 Å². The molecule has 3 rings (SSSR count). The molecule has 3 nitrogen and oxygen atoms in total. The standard InChI is InChI=1S/C19H17NO2/c21-19(13-14-22-16-9-2-1-3-10-16)20-18-12-6-8-15-7-4-5-11-17(15)18/h1-12H,13-14H2,(H,20,21). The number of benzene rings is 3. The van der Waals surface area contributed by atoms with Gasteiger partial charge in [-0.2, -0.15) is 0 Å². The van der Waals surface area contributed by atoms with Crippen molar-refractivity contribution >= 4 is 22.4 Å². The lowest BCUT2D eigenvalue weighted by Gasteiger charge is -2.09. The lowest BCUT2D eigenvalue weighted by Crippen LogP contribution is -2.15. The summed E-state index contributed by atoms with van der Waals surface area (Å²) in [6, 6.07) is 23.4. The average Bonchev–Trinajstić information content (AvgIpc) is 2.56. The fourth-order valence-electron chi connectivity index (χ4n) is 2.33. The highest BCUT2D eigenvalue weighted by atomic mass is 16.5. The molecule has 0 aliphatic rings. The fourth-order valence-corrected chi connectivity index (χ4v) is 2.33. The minimum atomic E-state index is -0.0488. The third kappa shape index (κ3) is 3.44. The van der Waals surface area contributed by atoms with Crippen molar-refractivity contribution in [3.63, 3.8) is 0 Å². The first-order valence-electron chi connectivity index (χ1n) is 7.28. The third-order valence-corrected chi connectivity index (χ3v) is 3.40. The zero-order valence-corrected chi connectivity index (χ0v) is 12.2. The Bertz CT molecular complexity index is 763. The highest BCUT2D eigenvalue weighted by Gasteiger charge is 2.05. The quantitative estimate of drug-likeness (QED) is 0.763. The molecule has 0 unspecified atom stereocenters. The molecule has 1 N–H and O–H groups in total. The summed E-state index contributed by atoms with van der Waals surface area (Å²) < 4.78 is 5.54. The van der Waals surface area contributed by atoms with Crippen molar-refractivity contribution in [3.05, 3.63) is 72.8 Å². The van der Waals surface area contributed by atoms with Crippen molar-refractivity contribution in [1.29, 1.82) is 0 Å². The SMILES string of the molecule is O=C(CCOc1ccccc1)Nc1cccc2ccccc12. The number of fused-ring (bicyclic) bond motifs is 1. The van der Waals surface area contributed by atoms with Gasteiger partial charge >= 0.3 is 0 Å². The largest absolute Gasteiger partial charge is 0.493 e. The predicted octanol–water partition coefficient (Wildman–Crippen LogP) is 4.25. The number of carbonyl (C=O) groups is 1. The van der Waals surface area contributed by atoms with Crippen molar-refractivity contribution in [1.82, 2.24) is 0 Å². The van der Waals surface area contributed by atoms with Crippen LogP contribution in [-0.4, -0.2) is 12.5 Å². The van der Waals surface area contributed by atoms with Crippen molar-refractivity contribution in [3.8, 4) is 5.75 Å². The maximum atomic E-state index is 12.1. The highest BCUT2D eigenvalue weighted by molar-refractivity contribution is 6.02. The molecule has 110 valence electrons. The Hall–Kier alpha value is -2.81. The molecular weight excluding hydrogens is 274 g/mol. The van der Waals surface area contributed by atoms with Crippen LogP contribution >= 0.6 is 0 Å². The summed E-state index contributed by atoms with van der Waals surface area (Å²) in [5.74, 6) is 0.729. The van der Waals surface area contributed by atoms with E-state index in [-0.39, 0.29) is 5.91 Å². The van der Waals surface area contributed by atoms with Crippen LogP contribution in [0.15, 0.2) is 72.8 Å². The molecule has 3 heteroatoms. The van der Waals surface area contributed by atoms with Gasteiger partial charge in [0.2, 0.25) is 5.91 Å². The van der Waals surface area contributed by atoms with Crippen LogP contribution in [-0.2, 0) is 4.79 Å². The van der Waals surface area contributed by atoms with E-state index >= 15 is 0 Å². The molecule has 0 radical (unpaired) electrons. The molecule has 0 aromatic heterocycles. The number of carbonyl (C=O) groups excluding carboxylic acids is 1. The number of hydrogen-bond donors (Lipinski definition) is 1. The Morgan fingerprint density at radius 3 is 2.45 bits per heavy atom. The van der Waals surface area contributed by atoms with Crippen LogP contribution in [0.2, 0.25) is 0 Å². The van der Waals surface area contributed by atoms with E-state index in [4.69, 9.17) is 4.74 Å². The minimum Gasteiger partial charge on any atom is -0.493 e. The lowest BCUT2D eigenvalue weighted by molar-refractivity contribution is -0.116. The predicted molar refractivity (Wildman–Crippen MR) is 89.1 cm³/mol. The normalized spacial score (nSPS) is 10.4. The number of amides is 1. The molecule has 0 saturated carbocycles. The van der Waals surface area contributed by atoms with Crippen molar-refractivity contribution in [2.45, 2.75) is 6.42 Å². The molecule has 0 bridgehead atoms. The highest BCUT2D eigenvalue weighted by Crippen LogP contribution is 2.23. The van der Waals surface area contributed by atoms with Crippen LogP contribution in [0.3, 0.4) is 0 Å². The van der Waals surface area contributed by atoms with Crippen LogP contribution in [0.4, 0.5) is 5.69 Å². The minimum absolute atomic E-state index is 0.0488. The second-order valence-corrected chi connectivity index (χ2v) is 4.99. The van der Waals surface area contributed by atoms with Gasteiger partial charge in [-0.15, -0.1) is 0 Å². The Labute approximate surface area is 129 Å². The Balaban J connectivity index is 1.59. The van der Waals surface area contributed by atoms with Crippen LogP contribution in [0.1, 0.15) is 6.42 Å². The number of anilines is 1. The Kier molecular flexibility index (Phi) is 4.35. The molecule has 3 aromatic carbocycles. The van der Waals surface area contributed by atoms with Gasteiger partial charge in [0.05, 0.1) is 13.0 Å². The van der Waals surface area contributed by atoms with E-state index in [0.29, 0.717) is 13.0 Å². The number of rotatable bonds is 5. The van der Waals surface area contributed by atoms with E-state index in [9.17, 15) is 4.79 Å². The van der Waals surface area contributed by atoms with Crippen molar-refractivity contribution in [2.75, 3.05) is 11.9 Å². The van der Waals surface area contributed by atoms with E-state index in [2.05, 4.69) is 5.32 Å². The van der Waals surface area contributed by atoms with E-state index in [1.165, 1.54) is 0 Å². The first-order chi connectivity index (χ1) is 10.8. The average molecular weight is 291 g/mol. The van der Waals surface area contributed by atoms with Gasteiger partial charge < -0.3 is 10.1 Å². The smallest absolute Gasteiger partial charge is 0.227 e. The summed E-state index contributed by atoms with van der Waals surface area (Å²) in [7, 11) is 0. The first-order valence-corrected chi connectivity index (χ1v) is 7.28. The van der Waals surface area contributed by atoms with Gasteiger partial charge in [-0.05, 0) is 23.6 Å². The van der Waals surface area contributed by atoms with Gasteiger partial charge in [-0.3, -0.25) is 4.79 Å². The van der Waals surface area contributed by atoms with Crippen LogP contribution in [0, 0.1) is 0 Å². The van der Waals surface area contributed by atoms with Gasteiger partial charge in [0, 0.05) is 11.1 Å². The van der Waals surface area contributed by atoms with Gasteiger partial charge in [0.25, 0.3) is 0 Å². The topological polar surface area (TPSA) is 38.3 Å². The summed E-state index contributed by atoms with van der Waals surface area (Å²) >= 11 is 0. The zero-order valence-electron chi connectivity index (χ0n) is 12.2. The van der Waals surface area contributed by atoms with Crippen LogP contribution < -0.4 is 10.1 Å². The molecule has 0 heterocycles. The van der Waals surface area contributed by atoms with Gasteiger partial charge in [0.15, 0.2) is 0 Å². The number of para-hydroxylation sites is 1. The molecular formula is C19H17NO2. The van der Waals surface area contributed by atoms with Crippen LogP contribution in [0.25, 0.3) is 10.8 Å². The summed E-state index contributed by atoms with van der Waals surface area (Å²) in [4.78, 5) is 12.1. The van der Waals surface area contributed by atoms with Crippen molar-refractivity contribution < 1.29 is 9.53 Å². The summed E-state index contributed by atoms with van der Waals surface area (Å²) in [5, 5.41) is 5.11. The monoisotopic (exact) mass is 291 g/mol. The molecule has 22 heavy (non-hydrogen) atoms. The maximum absolute atomic E-state index is 12.1. The van der Waals surface area contributed by atoms with Crippen LogP contribution in [0.5, 0.6) is 5.75 Å². The van der Waals surface area contributed by atoms with Gasteiger partial charge in [-0.1, -0.05) is 54.6 Å². The molecule has 0 saturated heterocycles. The zero-order chi connectivity index (χ0) is 15.2. The van der Waals surface area contributed by atoms with Gasteiger partial charge in [0.1, 0.15) is 5.75 Å². The second-order valence-electron chi connectivity index (χ2n) is 4.99. The second kappa shape index (κ2) is 6.76. The molecule has 1 amide bonds. The maximum Gasteiger partial charge on any atom is 0.227 e. The van der Waals surface area contributed by atoms with E-state index < -0.39 is 0 Å². The molecule has 3 aromatic rings. The Morgan fingerprint density at radius 1 is 0.864 bits per heavy atom. The Morgan fingerprint density at radius 2 is 1.59 bits per heavy atom. The third-order valence-electron chi connectivity index (χ3n) is 3.40. The van der Waals surface area contributed by atoms with Gasteiger partial charge in [-0.25, -0.2) is 0 Å². The number of ether oxygens (including phenoxy) is 1. The number of hydrogen-bond acceptors (Lipinski definition) is 2. The molecule has 0 atom stereocenters. The van der Waals surface area contributed by atoms with Crippen molar-refractivity contribution in [2.24, 2.45) is 0 Å². The fraction of sp³-hybridized carbons (Fsp3) is 0.105. The van der Waals surface area contributed by atoms with E-state index in [0.717, 1.165) is 22.2 Å². The summed E-state index contributed by atoms with van der Waals surface area (Å²) in [5.41, 5.74) is 0.836. The molecule has 0 fully saturated rings. The number of nitrogens with one attached hydrogen (secondary N) is 1. The lowest BCUT2D eigenvalue weighted by atomic mass is 10.1. The molecule has 0 aliphatic carbocycles. The summed E-state index contributed by atoms with van der Waals surface area (Å²) in [6.07, 6.45) is 0.318. The van der Waals surface area contributed by atoms with E-state index in [1.807, 2.05) is 72.8 Å². The summed E-state index contributed by atoms with van der Waals surface area (Å²) in [6.45, 7) is 0.362. The molecule has 0 aliphatic heterocycles.